The number of aromatic amines is 1. The summed E-state index contributed by atoms with van der Waals surface area (Å²) in [4.78, 5) is 14.6. The maximum absolute atomic E-state index is 12.3. The fourth-order valence-electron chi connectivity index (χ4n) is 2.60. The minimum atomic E-state index is -3.81. The van der Waals surface area contributed by atoms with E-state index in [2.05, 4.69) is 9.71 Å². The number of H-pyrrole nitrogens is 1. The van der Waals surface area contributed by atoms with E-state index in [1.54, 1.807) is 6.20 Å². The Morgan fingerprint density at radius 1 is 1.43 bits per heavy atom. The second-order valence-electron chi connectivity index (χ2n) is 5.82. The Morgan fingerprint density at radius 3 is 2.78 bits per heavy atom. The topological polar surface area (TPSA) is 103 Å². The molecule has 0 spiro atoms. The molecule has 0 aliphatic heterocycles. The van der Waals surface area contributed by atoms with E-state index in [1.165, 1.54) is 11.4 Å². The average molecular weight is 337 g/mol. The van der Waals surface area contributed by atoms with Crippen molar-refractivity contribution >= 4 is 27.1 Å². The molecule has 8 heteroatoms. The van der Waals surface area contributed by atoms with Gasteiger partial charge in [-0.05, 0) is 24.5 Å². The van der Waals surface area contributed by atoms with E-state index in [4.69, 9.17) is 0 Å². The van der Waals surface area contributed by atoms with Crippen molar-refractivity contribution in [3.05, 3.63) is 36.0 Å². The predicted molar refractivity (Wildman–Crippen MR) is 86.3 cm³/mol. The van der Waals surface area contributed by atoms with Gasteiger partial charge in [0.2, 0.25) is 0 Å². The highest BCUT2D eigenvalue weighted by atomic mass is 32.2. The number of nitrogens with zero attached hydrogens (tertiary/aromatic N) is 1. The van der Waals surface area contributed by atoms with Gasteiger partial charge in [-0.1, -0.05) is 18.2 Å². The van der Waals surface area contributed by atoms with E-state index in [0.29, 0.717) is 0 Å². The van der Waals surface area contributed by atoms with E-state index >= 15 is 0 Å². The van der Waals surface area contributed by atoms with Gasteiger partial charge in [0.05, 0.1) is 0 Å². The summed E-state index contributed by atoms with van der Waals surface area (Å²) >= 11 is 0. The van der Waals surface area contributed by atoms with Crippen molar-refractivity contribution in [2.24, 2.45) is 0 Å². The average Bonchev–Trinajstić information content (AvgIpc) is 3.28. The van der Waals surface area contributed by atoms with Crippen molar-refractivity contribution in [3.63, 3.8) is 0 Å². The van der Waals surface area contributed by atoms with Crippen LogP contribution in [0.25, 0.3) is 10.9 Å². The van der Waals surface area contributed by atoms with Crippen LogP contribution in [-0.4, -0.2) is 47.9 Å². The number of carboxylic acids is 1. The number of hydrogen-bond donors (Lipinski definition) is 3. The van der Waals surface area contributed by atoms with Gasteiger partial charge < -0.3 is 10.1 Å². The molecule has 3 rings (SSSR count). The molecule has 0 amide bonds. The normalized spacial score (nSPS) is 16.8. The number of fused-ring (bicyclic) bond motifs is 1. The summed E-state index contributed by atoms with van der Waals surface area (Å²) in [5, 5.41) is 10.3. The Morgan fingerprint density at radius 2 is 2.13 bits per heavy atom. The quantitative estimate of drug-likeness (QED) is 0.704. The Bertz CT molecular complexity index is 826. The Kier molecular flexibility index (Phi) is 4.13. The molecule has 1 atom stereocenters. The molecule has 1 saturated carbocycles. The zero-order valence-corrected chi connectivity index (χ0v) is 13.5. The van der Waals surface area contributed by atoms with E-state index in [1.807, 2.05) is 24.3 Å². The molecule has 23 heavy (non-hydrogen) atoms. The Balaban J connectivity index is 1.81. The number of aliphatic carboxylic acids is 1. The summed E-state index contributed by atoms with van der Waals surface area (Å²) in [6.07, 6.45) is 3.44. The van der Waals surface area contributed by atoms with E-state index in [-0.39, 0.29) is 12.5 Å². The minimum Gasteiger partial charge on any atom is -0.480 e. The summed E-state index contributed by atoms with van der Waals surface area (Å²) in [6.45, 7) is 0. The number of hydrogen-bond acceptors (Lipinski definition) is 3. The van der Waals surface area contributed by atoms with Gasteiger partial charge in [-0.2, -0.15) is 17.4 Å². The summed E-state index contributed by atoms with van der Waals surface area (Å²) < 4.78 is 28.0. The standard InChI is InChI=1S/C15H19N3O4S/c1-18(11-6-7-11)23(21,22)17-14(15(19)20)8-10-9-16-13-5-3-2-4-12(10)13/h2-5,9,11,14,16-17H,6-8H2,1H3,(H,19,20)/t14-/m1/s1. The van der Waals surface area contributed by atoms with Crippen molar-refractivity contribution in [1.82, 2.24) is 14.0 Å². The van der Waals surface area contributed by atoms with Gasteiger partial charge in [0.1, 0.15) is 6.04 Å². The van der Waals surface area contributed by atoms with Crippen molar-refractivity contribution in [1.29, 1.82) is 0 Å². The van der Waals surface area contributed by atoms with Crippen molar-refractivity contribution in [3.8, 4) is 0 Å². The summed E-state index contributed by atoms with van der Waals surface area (Å²) in [7, 11) is -2.33. The van der Waals surface area contributed by atoms with Gasteiger partial charge in [0.15, 0.2) is 0 Å². The first-order chi connectivity index (χ1) is 10.9. The Hall–Kier alpha value is -1.90. The van der Waals surface area contributed by atoms with Crippen LogP contribution in [0.2, 0.25) is 0 Å². The summed E-state index contributed by atoms with van der Waals surface area (Å²) in [5.74, 6) is -1.19. The monoisotopic (exact) mass is 337 g/mol. The highest BCUT2D eigenvalue weighted by Gasteiger charge is 2.36. The maximum Gasteiger partial charge on any atom is 0.322 e. The first-order valence-electron chi connectivity index (χ1n) is 7.41. The van der Waals surface area contributed by atoms with Crippen LogP contribution in [0.4, 0.5) is 0 Å². The van der Waals surface area contributed by atoms with E-state index < -0.39 is 22.2 Å². The molecule has 1 aromatic carbocycles. The van der Waals surface area contributed by atoms with E-state index in [9.17, 15) is 18.3 Å². The highest BCUT2D eigenvalue weighted by Crippen LogP contribution is 2.27. The maximum atomic E-state index is 12.3. The largest absolute Gasteiger partial charge is 0.480 e. The van der Waals surface area contributed by atoms with Gasteiger partial charge in [-0.15, -0.1) is 0 Å². The molecular formula is C15H19N3O4S. The molecule has 1 aliphatic rings. The van der Waals surface area contributed by atoms with Crippen LogP contribution in [0.5, 0.6) is 0 Å². The third kappa shape index (κ3) is 3.39. The molecule has 0 saturated heterocycles. The second-order valence-corrected chi connectivity index (χ2v) is 7.59. The number of carboxylic acid groups (broad SMARTS) is 1. The lowest BCUT2D eigenvalue weighted by Gasteiger charge is -2.20. The van der Waals surface area contributed by atoms with Crippen LogP contribution in [0, 0.1) is 0 Å². The third-order valence-electron chi connectivity index (χ3n) is 4.13. The molecule has 0 bridgehead atoms. The molecule has 1 fully saturated rings. The van der Waals surface area contributed by atoms with Gasteiger partial charge in [0, 0.05) is 36.6 Å². The number of nitrogens with one attached hydrogen (secondary N) is 2. The fourth-order valence-corrected chi connectivity index (χ4v) is 3.91. The molecule has 1 aliphatic carbocycles. The molecule has 0 radical (unpaired) electrons. The first-order valence-corrected chi connectivity index (χ1v) is 8.85. The molecule has 124 valence electrons. The zero-order valence-electron chi connectivity index (χ0n) is 12.7. The van der Waals surface area contributed by atoms with E-state index in [0.717, 1.165) is 29.3 Å². The van der Waals surface area contributed by atoms with Crippen molar-refractivity contribution in [2.75, 3.05) is 7.05 Å². The SMILES string of the molecule is CN(C1CC1)S(=O)(=O)N[C@H](Cc1c[nH]c2ccccc12)C(=O)O. The van der Waals surface area contributed by atoms with Gasteiger partial charge in [0.25, 0.3) is 10.2 Å². The van der Waals surface area contributed by atoms with Crippen LogP contribution < -0.4 is 4.72 Å². The Labute approximate surface area is 134 Å². The molecule has 1 heterocycles. The predicted octanol–water partition coefficient (Wildman–Crippen LogP) is 1.09. The van der Waals surface area contributed by atoms with Crippen molar-refractivity contribution in [2.45, 2.75) is 31.3 Å². The molecule has 0 unspecified atom stereocenters. The first kappa shape index (κ1) is 16.0. The zero-order chi connectivity index (χ0) is 16.6. The number of carbonyl (C=O) groups is 1. The summed E-state index contributed by atoms with van der Waals surface area (Å²) in [5.41, 5.74) is 1.66. The number of rotatable bonds is 7. The molecule has 3 N–H and O–H groups in total. The number of aromatic nitrogens is 1. The van der Waals surface area contributed by atoms with Crippen LogP contribution in [-0.2, 0) is 21.4 Å². The van der Waals surface area contributed by atoms with Crippen LogP contribution in [0.15, 0.2) is 30.5 Å². The lowest BCUT2D eigenvalue weighted by molar-refractivity contribution is -0.138. The number of benzene rings is 1. The molecule has 7 nitrogen and oxygen atoms in total. The molecular weight excluding hydrogens is 318 g/mol. The molecule has 1 aromatic heterocycles. The summed E-state index contributed by atoms with van der Waals surface area (Å²) in [6, 6.07) is 6.28. The highest BCUT2D eigenvalue weighted by molar-refractivity contribution is 7.87. The molecule has 2 aromatic rings. The van der Waals surface area contributed by atoms with Crippen LogP contribution in [0.3, 0.4) is 0 Å². The fraction of sp³-hybridized carbons (Fsp3) is 0.400. The van der Waals surface area contributed by atoms with Gasteiger partial charge in [-0.3, -0.25) is 4.79 Å². The van der Waals surface area contributed by atoms with Gasteiger partial charge >= 0.3 is 5.97 Å². The minimum absolute atomic E-state index is 0.0185. The smallest absolute Gasteiger partial charge is 0.322 e. The van der Waals surface area contributed by atoms with Gasteiger partial charge in [-0.25, -0.2) is 0 Å². The lowest BCUT2D eigenvalue weighted by atomic mass is 10.1. The second kappa shape index (κ2) is 5.95. The number of para-hydroxylation sites is 1. The third-order valence-corrected chi connectivity index (χ3v) is 5.77. The van der Waals surface area contributed by atoms with Crippen LogP contribution in [0.1, 0.15) is 18.4 Å². The van der Waals surface area contributed by atoms with Crippen molar-refractivity contribution < 1.29 is 18.3 Å². The van der Waals surface area contributed by atoms with Crippen LogP contribution >= 0.6 is 0 Å². The lowest BCUT2D eigenvalue weighted by Crippen LogP contribution is -2.48.